The van der Waals surface area contributed by atoms with Crippen LogP contribution < -0.4 is 15.5 Å². The first-order valence-electron chi connectivity index (χ1n) is 10.6. The molecule has 1 saturated heterocycles. The lowest BCUT2D eigenvalue weighted by Crippen LogP contribution is -2.28. The number of hydrogen-bond donors (Lipinski definition) is 3. The second-order valence-corrected chi connectivity index (χ2v) is 9.13. The van der Waals surface area contributed by atoms with E-state index in [1.165, 1.54) is 16.2 Å². The number of rotatable bonds is 6. The molecule has 1 aliphatic heterocycles. The molecule has 4 aromatic rings. The average molecular weight is 508 g/mol. The molecule has 0 aliphatic carbocycles. The molecule has 2 aromatic heterocycles. The van der Waals surface area contributed by atoms with Crippen LogP contribution in [0.4, 0.5) is 17.1 Å². The number of nitrogens with zero attached hydrogens (tertiary/aromatic N) is 4. The number of tetrazole rings is 1. The number of para-hydroxylation sites is 2. The molecule has 176 valence electrons. The lowest BCUT2D eigenvalue weighted by molar-refractivity contribution is -0.122. The SMILES string of the molecule is O=C(Nc1ccccc1NC(=O)C1CC(=O)N(c2ccc(-c3nn[nH]n3)c(Cl)c2)C1)c1cccs1. The Morgan fingerprint density at radius 1 is 1.09 bits per heavy atom. The van der Waals surface area contributed by atoms with Crippen LogP contribution in [0.15, 0.2) is 60.0 Å². The van der Waals surface area contributed by atoms with Crippen LogP contribution in [0, 0.1) is 5.92 Å². The van der Waals surface area contributed by atoms with Crippen LogP contribution in [0.1, 0.15) is 16.1 Å². The number of aromatic nitrogens is 4. The number of aromatic amines is 1. The number of benzene rings is 2. The minimum absolute atomic E-state index is 0.0553. The molecule has 0 bridgehead atoms. The fraction of sp³-hybridized carbons (Fsp3) is 0.130. The minimum Gasteiger partial charge on any atom is -0.324 e. The summed E-state index contributed by atoms with van der Waals surface area (Å²) in [4.78, 5) is 40.3. The van der Waals surface area contributed by atoms with Crippen molar-refractivity contribution in [2.45, 2.75) is 6.42 Å². The van der Waals surface area contributed by atoms with E-state index >= 15 is 0 Å². The number of H-pyrrole nitrogens is 1. The summed E-state index contributed by atoms with van der Waals surface area (Å²) in [5.74, 6) is -0.985. The van der Waals surface area contributed by atoms with Crippen molar-refractivity contribution < 1.29 is 14.4 Å². The third-order valence-corrected chi connectivity index (χ3v) is 6.71. The van der Waals surface area contributed by atoms with Crippen LogP contribution in [-0.4, -0.2) is 44.9 Å². The molecule has 3 amide bonds. The normalized spacial score (nSPS) is 15.3. The number of carbonyl (C=O) groups is 3. The highest BCUT2D eigenvalue weighted by Gasteiger charge is 2.35. The highest BCUT2D eigenvalue weighted by atomic mass is 35.5. The van der Waals surface area contributed by atoms with Crippen molar-refractivity contribution in [2.75, 3.05) is 22.1 Å². The fourth-order valence-electron chi connectivity index (χ4n) is 3.79. The summed E-state index contributed by atoms with van der Waals surface area (Å²) >= 11 is 7.70. The van der Waals surface area contributed by atoms with Gasteiger partial charge >= 0.3 is 0 Å². The molecule has 1 aliphatic rings. The minimum atomic E-state index is -0.570. The molecule has 0 spiro atoms. The number of amides is 3. The van der Waals surface area contributed by atoms with Crippen LogP contribution >= 0.6 is 22.9 Å². The van der Waals surface area contributed by atoms with Gasteiger partial charge in [0, 0.05) is 24.2 Å². The van der Waals surface area contributed by atoms with E-state index < -0.39 is 5.92 Å². The zero-order chi connectivity index (χ0) is 24.4. The number of hydrogen-bond acceptors (Lipinski definition) is 7. The van der Waals surface area contributed by atoms with Crippen molar-refractivity contribution >= 4 is 57.7 Å². The van der Waals surface area contributed by atoms with Crippen LogP contribution in [0.5, 0.6) is 0 Å². The summed E-state index contributed by atoms with van der Waals surface area (Å²) in [6.45, 7) is 0.201. The predicted octanol–water partition coefficient (Wildman–Crippen LogP) is 3.83. The van der Waals surface area contributed by atoms with Gasteiger partial charge in [-0.05, 0) is 47.0 Å². The van der Waals surface area contributed by atoms with E-state index in [-0.39, 0.29) is 30.7 Å². The van der Waals surface area contributed by atoms with Gasteiger partial charge in [0.05, 0.1) is 27.2 Å². The van der Waals surface area contributed by atoms with E-state index in [1.807, 2.05) is 5.38 Å². The number of thiophene rings is 1. The molecule has 10 nitrogen and oxygen atoms in total. The highest BCUT2D eigenvalue weighted by Crippen LogP contribution is 2.33. The number of halogens is 1. The molecular formula is C23H18ClN7O3S. The maximum absolute atomic E-state index is 13.0. The Hall–Kier alpha value is -4.09. The monoisotopic (exact) mass is 507 g/mol. The van der Waals surface area contributed by atoms with E-state index in [2.05, 4.69) is 31.3 Å². The predicted molar refractivity (Wildman–Crippen MR) is 132 cm³/mol. The summed E-state index contributed by atoms with van der Waals surface area (Å²) in [7, 11) is 0. The van der Waals surface area contributed by atoms with Crippen LogP contribution in [0.25, 0.3) is 11.4 Å². The second kappa shape index (κ2) is 9.65. The number of nitrogens with one attached hydrogen (secondary N) is 3. The van der Waals surface area contributed by atoms with Gasteiger partial charge in [0.1, 0.15) is 0 Å². The third kappa shape index (κ3) is 4.77. The van der Waals surface area contributed by atoms with E-state index in [0.29, 0.717) is 38.3 Å². The van der Waals surface area contributed by atoms with Crippen molar-refractivity contribution in [3.8, 4) is 11.4 Å². The van der Waals surface area contributed by atoms with Gasteiger partial charge in [0.15, 0.2) is 0 Å². The van der Waals surface area contributed by atoms with Gasteiger partial charge in [-0.25, -0.2) is 0 Å². The zero-order valence-corrected chi connectivity index (χ0v) is 19.6. The highest BCUT2D eigenvalue weighted by molar-refractivity contribution is 7.12. The van der Waals surface area contributed by atoms with Crippen LogP contribution in [0.2, 0.25) is 5.02 Å². The zero-order valence-electron chi connectivity index (χ0n) is 18.1. The summed E-state index contributed by atoms with van der Waals surface area (Å²) in [5, 5.41) is 21.6. The molecule has 12 heteroatoms. The Morgan fingerprint density at radius 2 is 1.89 bits per heavy atom. The Kier molecular flexibility index (Phi) is 6.25. The Morgan fingerprint density at radius 3 is 2.57 bits per heavy atom. The average Bonchev–Trinajstić information content (AvgIpc) is 3.62. The lowest BCUT2D eigenvalue weighted by Gasteiger charge is -2.18. The van der Waals surface area contributed by atoms with Gasteiger partial charge in [-0.3, -0.25) is 14.4 Å². The lowest BCUT2D eigenvalue weighted by atomic mass is 10.1. The fourth-order valence-corrected chi connectivity index (χ4v) is 4.67. The topological polar surface area (TPSA) is 133 Å². The van der Waals surface area contributed by atoms with Gasteiger partial charge in [0.2, 0.25) is 17.6 Å². The molecule has 1 atom stereocenters. The molecule has 0 saturated carbocycles. The van der Waals surface area contributed by atoms with Gasteiger partial charge in [-0.2, -0.15) is 5.21 Å². The van der Waals surface area contributed by atoms with E-state index in [1.54, 1.807) is 54.6 Å². The summed E-state index contributed by atoms with van der Waals surface area (Å²) < 4.78 is 0. The van der Waals surface area contributed by atoms with Crippen molar-refractivity contribution in [3.63, 3.8) is 0 Å². The van der Waals surface area contributed by atoms with E-state index in [0.717, 1.165) is 0 Å². The first-order chi connectivity index (χ1) is 17.0. The maximum atomic E-state index is 13.0. The van der Waals surface area contributed by atoms with Crippen molar-refractivity contribution in [1.29, 1.82) is 0 Å². The quantitative estimate of drug-likeness (QED) is 0.363. The molecule has 3 heterocycles. The summed E-state index contributed by atoms with van der Waals surface area (Å²) in [5.41, 5.74) is 2.09. The standard InChI is InChI=1S/C23H18ClN7O3S/c24-16-11-14(7-8-15(16)21-27-29-30-28-21)31-12-13(10-20(31)32)22(33)25-17-4-1-2-5-18(17)26-23(34)19-6-3-9-35-19/h1-9,11,13H,10,12H2,(H,25,33)(H,26,34)(H,27,28,29,30). The molecular weight excluding hydrogens is 490 g/mol. The van der Waals surface area contributed by atoms with Crippen molar-refractivity contribution in [2.24, 2.45) is 5.92 Å². The number of carbonyl (C=O) groups excluding carboxylic acids is 3. The van der Waals surface area contributed by atoms with Crippen molar-refractivity contribution in [3.05, 3.63) is 69.9 Å². The van der Waals surface area contributed by atoms with Gasteiger partial charge in [0.25, 0.3) is 5.91 Å². The van der Waals surface area contributed by atoms with Crippen LogP contribution in [-0.2, 0) is 9.59 Å². The molecule has 1 unspecified atom stereocenters. The largest absolute Gasteiger partial charge is 0.324 e. The third-order valence-electron chi connectivity index (χ3n) is 5.52. The molecule has 0 radical (unpaired) electrons. The molecule has 35 heavy (non-hydrogen) atoms. The number of anilines is 3. The van der Waals surface area contributed by atoms with Crippen LogP contribution in [0.3, 0.4) is 0 Å². The first kappa shape index (κ1) is 22.7. The summed E-state index contributed by atoms with van der Waals surface area (Å²) in [6.07, 6.45) is 0.0553. The van der Waals surface area contributed by atoms with Gasteiger partial charge in [-0.15, -0.1) is 21.5 Å². The molecule has 3 N–H and O–H groups in total. The second-order valence-electron chi connectivity index (χ2n) is 7.77. The Labute approximate surface area is 208 Å². The molecule has 2 aromatic carbocycles. The van der Waals surface area contributed by atoms with Gasteiger partial charge in [-0.1, -0.05) is 29.8 Å². The Bertz CT molecular complexity index is 1390. The maximum Gasteiger partial charge on any atom is 0.265 e. The summed E-state index contributed by atoms with van der Waals surface area (Å²) in [6, 6.07) is 15.5. The molecule has 1 fully saturated rings. The van der Waals surface area contributed by atoms with Gasteiger partial charge < -0.3 is 15.5 Å². The van der Waals surface area contributed by atoms with Crippen molar-refractivity contribution in [1.82, 2.24) is 20.6 Å². The smallest absolute Gasteiger partial charge is 0.265 e. The van der Waals surface area contributed by atoms with E-state index in [9.17, 15) is 14.4 Å². The first-order valence-corrected chi connectivity index (χ1v) is 11.8. The van der Waals surface area contributed by atoms with E-state index in [4.69, 9.17) is 11.6 Å². The molecule has 5 rings (SSSR count). The Balaban J connectivity index is 1.28.